The van der Waals surface area contributed by atoms with Crippen molar-refractivity contribution < 1.29 is 0 Å². The molecule has 55 heavy (non-hydrogen) atoms. The highest BCUT2D eigenvalue weighted by Crippen LogP contribution is 2.54. The second-order valence-corrected chi connectivity index (χ2v) is 16.7. The maximum absolute atomic E-state index is 2.53. The van der Waals surface area contributed by atoms with Crippen molar-refractivity contribution in [2.24, 2.45) is 0 Å². The molecular weight excluding hydrogens is 663 g/mol. The summed E-state index contributed by atoms with van der Waals surface area (Å²) < 4.78 is 0. The Kier molecular flexibility index (Phi) is 7.39. The molecule has 0 radical (unpaired) electrons. The summed E-state index contributed by atoms with van der Waals surface area (Å²) in [5.74, 6) is 0. The summed E-state index contributed by atoms with van der Waals surface area (Å²) in [6.45, 7) is 14.0. The van der Waals surface area contributed by atoms with E-state index < -0.39 is 0 Å². The van der Waals surface area contributed by atoms with Crippen LogP contribution in [0.3, 0.4) is 0 Å². The van der Waals surface area contributed by atoms with Crippen LogP contribution in [0.2, 0.25) is 0 Å². The van der Waals surface area contributed by atoms with Gasteiger partial charge in [-0.3, -0.25) is 0 Å². The van der Waals surface area contributed by atoms with Crippen LogP contribution in [-0.2, 0) is 10.8 Å². The molecule has 8 aromatic carbocycles. The van der Waals surface area contributed by atoms with Crippen LogP contribution in [0, 0.1) is 13.8 Å². The minimum Gasteiger partial charge on any atom is -0.310 e. The predicted molar refractivity (Wildman–Crippen MR) is 234 cm³/mol. The fourth-order valence-electron chi connectivity index (χ4n) is 9.81. The van der Waals surface area contributed by atoms with Crippen LogP contribution >= 0.6 is 0 Å². The van der Waals surface area contributed by atoms with Crippen molar-refractivity contribution in [2.75, 3.05) is 4.90 Å². The highest BCUT2D eigenvalue weighted by atomic mass is 15.1. The van der Waals surface area contributed by atoms with Gasteiger partial charge in [-0.05, 0) is 139 Å². The molecule has 0 N–H and O–H groups in total. The van der Waals surface area contributed by atoms with Crippen molar-refractivity contribution in [3.05, 3.63) is 197 Å². The maximum Gasteiger partial charge on any atom is 0.0540 e. The Morgan fingerprint density at radius 3 is 1.45 bits per heavy atom. The molecule has 2 aliphatic carbocycles. The van der Waals surface area contributed by atoms with Gasteiger partial charge in [-0.1, -0.05) is 149 Å². The summed E-state index contributed by atoms with van der Waals surface area (Å²) in [5.41, 5.74) is 21.6. The van der Waals surface area contributed by atoms with E-state index in [-0.39, 0.29) is 10.8 Å². The van der Waals surface area contributed by atoms with Crippen molar-refractivity contribution in [3.8, 4) is 44.5 Å². The summed E-state index contributed by atoms with van der Waals surface area (Å²) in [7, 11) is 0. The first kappa shape index (κ1) is 33.4. The van der Waals surface area contributed by atoms with Crippen LogP contribution < -0.4 is 4.90 Å². The molecule has 0 bridgehead atoms. The Bertz CT molecular complexity index is 2720. The van der Waals surface area contributed by atoms with Crippen molar-refractivity contribution >= 4 is 27.8 Å². The highest BCUT2D eigenvalue weighted by molar-refractivity contribution is 5.96. The number of fused-ring (bicyclic) bond motifs is 7. The minimum atomic E-state index is -0.120. The van der Waals surface area contributed by atoms with Gasteiger partial charge >= 0.3 is 0 Å². The van der Waals surface area contributed by atoms with E-state index in [1.54, 1.807) is 0 Å². The molecule has 0 heterocycles. The van der Waals surface area contributed by atoms with Crippen molar-refractivity contribution in [1.29, 1.82) is 0 Å². The molecular formula is C54H45N. The molecule has 0 saturated heterocycles. The molecule has 1 nitrogen and oxygen atoms in total. The number of aryl methyl sites for hydroxylation is 2. The molecule has 0 amide bonds. The largest absolute Gasteiger partial charge is 0.310 e. The summed E-state index contributed by atoms with van der Waals surface area (Å²) >= 11 is 0. The van der Waals surface area contributed by atoms with E-state index in [1.807, 2.05) is 0 Å². The third kappa shape index (κ3) is 5.06. The van der Waals surface area contributed by atoms with E-state index in [0.29, 0.717) is 0 Å². The standard InChI is InChI=1S/C54H45N/c1-34-14-13-15-35(2)52(34)46-31-39(38-23-22-36-16-7-8-17-37(36)30-38)24-29-51(46)55(40-25-27-44-42-18-9-11-20-47(42)53(3,4)49(44)32-40)41-26-28-45-43-19-10-12-21-48(43)54(5,6)50(45)33-41/h7-33H,1-6H3. The topological polar surface area (TPSA) is 3.24 Å². The highest BCUT2D eigenvalue weighted by Gasteiger charge is 2.38. The van der Waals surface area contributed by atoms with Crippen LogP contribution in [0.5, 0.6) is 0 Å². The number of rotatable bonds is 5. The molecule has 0 atom stereocenters. The molecule has 0 spiro atoms. The van der Waals surface area contributed by atoms with Gasteiger partial charge < -0.3 is 4.90 Å². The Hall–Kier alpha value is -6.18. The Balaban J connectivity index is 1.24. The third-order valence-corrected chi connectivity index (χ3v) is 12.7. The molecule has 10 rings (SSSR count). The molecule has 0 saturated carbocycles. The molecule has 1 heteroatoms. The minimum absolute atomic E-state index is 0.120. The van der Waals surface area contributed by atoms with Gasteiger partial charge in [0.1, 0.15) is 0 Å². The monoisotopic (exact) mass is 707 g/mol. The molecule has 8 aromatic rings. The number of benzene rings is 8. The van der Waals surface area contributed by atoms with Gasteiger partial charge in [-0.15, -0.1) is 0 Å². The van der Waals surface area contributed by atoms with Crippen LogP contribution in [-0.4, -0.2) is 0 Å². The normalized spacial score (nSPS) is 14.3. The van der Waals surface area contributed by atoms with Crippen LogP contribution in [0.1, 0.15) is 61.1 Å². The van der Waals surface area contributed by atoms with E-state index in [4.69, 9.17) is 0 Å². The van der Waals surface area contributed by atoms with Crippen LogP contribution in [0.15, 0.2) is 164 Å². The number of nitrogens with zero attached hydrogens (tertiary/aromatic N) is 1. The lowest BCUT2D eigenvalue weighted by Crippen LogP contribution is -2.18. The van der Waals surface area contributed by atoms with Crippen molar-refractivity contribution in [2.45, 2.75) is 52.4 Å². The molecule has 0 unspecified atom stereocenters. The zero-order chi connectivity index (χ0) is 37.6. The van der Waals surface area contributed by atoms with Crippen LogP contribution in [0.25, 0.3) is 55.3 Å². The smallest absolute Gasteiger partial charge is 0.0540 e. The van der Waals surface area contributed by atoms with Gasteiger partial charge in [0, 0.05) is 27.8 Å². The fourth-order valence-corrected chi connectivity index (χ4v) is 9.81. The first-order valence-electron chi connectivity index (χ1n) is 19.6. The zero-order valence-electron chi connectivity index (χ0n) is 32.5. The van der Waals surface area contributed by atoms with E-state index >= 15 is 0 Å². The zero-order valence-corrected chi connectivity index (χ0v) is 32.5. The molecule has 266 valence electrons. The second kappa shape index (κ2) is 12.2. The molecule has 0 fully saturated rings. The summed E-state index contributed by atoms with van der Waals surface area (Å²) in [4.78, 5) is 2.53. The Morgan fingerprint density at radius 1 is 0.364 bits per heavy atom. The summed E-state index contributed by atoms with van der Waals surface area (Å²) in [6.07, 6.45) is 0. The summed E-state index contributed by atoms with van der Waals surface area (Å²) in [5, 5.41) is 2.51. The van der Waals surface area contributed by atoms with Gasteiger partial charge in [0.2, 0.25) is 0 Å². The van der Waals surface area contributed by atoms with Crippen molar-refractivity contribution in [3.63, 3.8) is 0 Å². The van der Waals surface area contributed by atoms with Gasteiger partial charge in [0.05, 0.1) is 5.69 Å². The average Bonchev–Trinajstić information content (AvgIpc) is 3.57. The Morgan fingerprint density at radius 2 is 0.855 bits per heavy atom. The van der Waals surface area contributed by atoms with Crippen LogP contribution in [0.4, 0.5) is 17.1 Å². The lowest BCUT2D eigenvalue weighted by Gasteiger charge is -2.32. The van der Waals surface area contributed by atoms with E-state index in [0.717, 1.165) is 0 Å². The van der Waals surface area contributed by atoms with Gasteiger partial charge in [-0.25, -0.2) is 0 Å². The predicted octanol–water partition coefficient (Wildman–Crippen LogP) is 14.9. The first-order chi connectivity index (χ1) is 26.6. The maximum atomic E-state index is 2.53. The molecule has 2 aliphatic rings. The number of anilines is 3. The number of hydrogen-bond acceptors (Lipinski definition) is 1. The SMILES string of the molecule is Cc1cccc(C)c1-c1cc(-c2ccc3ccccc3c2)ccc1N(c1ccc2c(c1)C(C)(C)c1ccccc1-2)c1ccc2c(c1)C(C)(C)c1ccccc1-2. The van der Waals surface area contributed by atoms with Gasteiger partial charge in [0.25, 0.3) is 0 Å². The average molecular weight is 708 g/mol. The van der Waals surface area contributed by atoms with Gasteiger partial charge in [0.15, 0.2) is 0 Å². The van der Waals surface area contributed by atoms with E-state index in [2.05, 4.69) is 210 Å². The Labute approximate surface area is 325 Å². The second-order valence-electron chi connectivity index (χ2n) is 16.7. The van der Waals surface area contributed by atoms with E-state index in [9.17, 15) is 0 Å². The molecule has 0 aromatic heterocycles. The van der Waals surface area contributed by atoms with Gasteiger partial charge in [-0.2, -0.15) is 0 Å². The van der Waals surface area contributed by atoms with Crippen molar-refractivity contribution in [1.82, 2.24) is 0 Å². The fraction of sp³-hybridized carbons (Fsp3) is 0.148. The quantitative estimate of drug-likeness (QED) is 0.172. The molecule has 0 aliphatic heterocycles. The third-order valence-electron chi connectivity index (χ3n) is 12.7. The lowest BCUT2D eigenvalue weighted by atomic mass is 9.82. The summed E-state index contributed by atoms with van der Waals surface area (Å²) in [6, 6.07) is 61.5. The first-order valence-corrected chi connectivity index (χ1v) is 19.6. The lowest BCUT2D eigenvalue weighted by molar-refractivity contribution is 0.660. The van der Waals surface area contributed by atoms with E-state index in [1.165, 1.54) is 106 Å². The number of hydrogen-bond donors (Lipinski definition) is 0.